The van der Waals surface area contributed by atoms with Gasteiger partial charge in [-0.05, 0) is 51.3 Å². The number of amides is 2. The molecule has 2 N–H and O–H groups in total. The smallest absolute Gasteiger partial charge is 0.354 e. The zero-order valence-electron chi connectivity index (χ0n) is 20.2. The van der Waals surface area contributed by atoms with Crippen LogP contribution in [0.25, 0.3) is 0 Å². The summed E-state index contributed by atoms with van der Waals surface area (Å²) >= 11 is 0. The van der Waals surface area contributed by atoms with Gasteiger partial charge in [0, 0.05) is 26.3 Å². The maximum atomic E-state index is 13.3. The summed E-state index contributed by atoms with van der Waals surface area (Å²) in [6.45, 7) is 6.20. The van der Waals surface area contributed by atoms with Crippen LogP contribution in [-0.2, 0) is 9.47 Å². The highest BCUT2D eigenvalue weighted by molar-refractivity contribution is 6.04. The monoisotopic (exact) mass is 485 g/mol. The van der Waals surface area contributed by atoms with E-state index in [1.165, 1.54) is 6.07 Å². The predicted molar refractivity (Wildman–Crippen MR) is 129 cm³/mol. The number of rotatable bonds is 10. The van der Waals surface area contributed by atoms with Gasteiger partial charge < -0.3 is 24.2 Å². The second-order valence-electron chi connectivity index (χ2n) is 8.90. The third-order valence-electron chi connectivity index (χ3n) is 6.08. The van der Waals surface area contributed by atoms with Crippen LogP contribution in [0.3, 0.4) is 0 Å². The summed E-state index contributed by atoms with van der Waals surface area (Å²) in [5.41, 5.74) is 0.649. The number of carboxylic acid groups (broad SMARTS) is 1. The number of aromatic nitrogens is 2. The van der Waals surface area contributed by atoms with Crippen molar-refractivity contribution in [3.05, 3.63) is 36.0 Å². The normalized spacial score (nSPS) is 16.7. The van der Waals surface area contributed by atoms with Crippen molar-refractivity contribution < 1.29 is 28.9 Å². The quantitative estimate of drug-likeness (QED) is 0.385. The van der Waals surface area contributed by atoms with Crippen LogP contribution in [0.1, 0.15) is 43.6 Å². The Morgan fingerprint density at radius 2 is 1.97 bits per heavy atom. The maximum absolute atomic E-state index is 13.3. The lowest BCUT2D eigenvalue weighted by Crippen LogP contribution is -2.48. The highest BCUT2D eigenvalue weighted by atomic mass is 16.7. The molecule has 188 valence electrons. The Hall–Kier alpha value is -3.44. The highest BCUT2D eigenvalue weighted by Crippen LogP contribution is 2.39. The zero-order valence-corrected chi connectivity index (χ0v) is 20.2. The van der Waals surface area contributed by atoms with E-state index in [-0.39, 0.29) is 11.7 Å². The molecule has 2 bridgehead atoms. The maximum Gasteiger partial charge on any atom is 0.354 e. The number of urea groups is 1. The molecule has 1 atom stereocenters. The molecule has 4 rings (SSSR count). The van der Waals surface area contributed by atoms with Gasteiger partial charge in [0.05, 0.1) is 24.9 Å². The third-order valence-corrected chi connectivity index (χ3v) is 6.08. The van der Waals surface area contributed by atoms with E-state index in [9.17, 15) is 14.7 Å². The lowest BCUT2D eigenvalue weighted by atomic mass is 10.2. The first-order chi connectivity index (χ1) is 16.8. The first kappa shape index (κ1) is 24.7. The van der Waals surface area contributed by atoms with E-state index in [1.807, 2.05) is 13.8 Å². The molecule has 0 radical (unpaired) electrons. The van der Waals surface area contributed by atoms with E-state index < -0.39 is 17.8 Å². The molecule has 0 aromatic carbocycles. The minimum absolute atomic E-state index is 0.0937. The molecule has 11 heteroatoms. The number of unbranched alkanes of at least 4 members (excludes halogenated alkanes) is 1. The molecular formula is C24H31N5O6. The number of anilines is 3. The zero-order chi connectivity index (χ0) is 25.0. The number of carboxylic acids is 1. The number of fused-ring (bicyclic) bond motifs is 4. The summed E-state index contributed by atoms with van der Waals surface area (Å²) in [6.07, 6.45) is 2.35. The van der Waals surface area contributed by atoms with Crippen molar-refractivity contribution in [3.63, 3.8) is 0 Å². The van der Waals surface area contributed by atoms with Crippen molar-refractivity contribution in [2.24, 2.45) is 0 Å². The van der Waals surface area contributed by atoms with Gasteiger partial charge in [-0.1, -0.05) is 6.07 Å². The van der Waals surface area contributed by atoms with Crippen LogP contribution in [0.5, 0.6) is 5.88 Å². The Morgan fingerprint density at radius 1 is 1.17 bits per heavy atom. The second kappa shape index (κ2) is 10.4. The molecule has 11 nitrogen and oxygen atoms in total. The fraction of sp³-hybridized carbons (Fsp3) is 0.500. The van der Waals surface area contributed by atoms with Crippen LogP contribution in [0, 0.1) is 0 Å². The largest absolute Gasteiger partial charge is 0.478 e. The molecule has 0 aliphatic carbocycles. The molecule has 2 aliphatic heterocycles. The fourth-order valence-corrected chi connectivity index (χ4v) is 4.08. The Morgan fingerprint density at radius 3 is 2.74 bits per heavy atom. The standard InChI is InChI=1S/C24H31N5O6/c1-24(2,33-3)35-14-5-4-13-34-20-8-6-7-19(26-20)27-23(32)29-16-11-12-28(15-16)18-10-9-17(22(30)31)25-21(18)29/h6-10,16H,4-5,11-15H2,1-3H3,(H,30,31)(H,26,27,32)/t16-/m0/s1. The molecule has 2 aromatic rings. The lowest BCUT2D eigenvalue weighted by Gasteiger charge is -2.35. The lowest BCUT2D eigenvalue weighted by molar-refractivity contribution is -0.197. The molecule has 4 heterocycles. The number of pyridine rings is 2. The molecule has 0 saturated carbocycles. The van der Waals surface area contributed by atoms with Crippen LogP contribution < -0.4 is 19.9 Å². The summed E-state index contributed by atoms with van der Waals surface area (Å²) < 4.78 is 16.6. The molecule has 35 heavy (non-hydrogen) atoms. The summed E-state index contributed by atoms with van der Waals surface area (Å²) in [4.78, 5) is 37.0. The molecule has 2 aromatic heterocycles. The van der Waals surface area contributed by atoms with Gasteiger partial charge in [-0.25, -0.2) is 14.6 Å². The van der Waals surface area contributed by atoms with Crippen LogP contribution >= 0.6 is 0 Å². The molecule has 1 saturated heterocycles. The second-order valence-corrected chi connectivity index (χ2v) is 8.90. The van der Waals surface area contributed by atoms with Crippen LogP contribution in [0.4, 0.5) is 22.1 Å². The highest BCUT2D eigenvalue weighted by Gasteiger charge is 2.40. The summed E-state index contributed by atoms with van der Waals surface area (Å²) in [5, 5.41) is 12.2. The fourth-order valence-electron chi connectivity index (χ4n) is 4.08. The third kappa shape index (κ3) is 5.80. The molecule has 1 fully saturated rings. The Bertz CT molecular complexity index is 1080. The van der Waals surface area contributed by atoms with Crippen molar-refractivity contribution in [2.45, 2.75) is 44.9 Å². The number of aromatic carboxylic acids is 1. The number of methoxy groups -OCH3 is 1. The predicted octanol–water partition coefficient (Wildman–Crippen LogP) is 3.36. The summed E-state index contributed by atoms with van der Waals surface area (Å²) in [7, 11) is 1.61. The first-order valence-electron chi connectivity index (χ1n) is 11.7. The van der Waals surface area contributed by atoms with Gasteiger partial charge in [-0.2, -0.15) is 4.98 Å². The van der Waals surface area contributed by atoms with Crippen molar-refractivity contribution >= 4 is 29.3 Å². The van der Waals surface area contributed by atoms with Crippen LogP contribution in [0.15, 0.2) is 30.3 Å². The average molecular weight is 486 g/mol. The van der Waals surface area contributed by atoms with E-state index in [0.717, 1.165) is 31.5 Å². The van der Waals surface area contributed by atoms with Gasteiger partial charge in [0.15, 0.2) is 17.3 Å². The SMILES string of the molecule is COC(C)(C)OCCCCOc1cccc(NC(=O)N2c3nc(C(=O)O)ccc3N3CC[C@H]2C3)n1. The summed E-state index contributed by atoms with van der Waals surface area (Å²) in [6, 6.07) is 7.83. The van der Waals surface area contributed by atoms with Gasteiger partial charge in [-0.15, -0.1) is 0 Å². The number of carbonyl (C=O) groups excluding carboxylic acids is 1. The van der Waals surface area contributed by atoms with E-state index in [0.29, 0.717) is 37.3 Å². The van der Waals surface area contributed by atoms with Crippen LogP contribution in [-0.4, -0.2) is 72.3 Å². The van der Waals surface area contributed by atoms with Gasteiger partial charge in [0.25, 0.3) is 0 Å². The van der Waals surface area contributed by atoms with Crippen LogP contribution in [0.2, 0.25) is 0 Å². The van der Waals surface area contributed by atoms with Gasteiger partial charge in [-0.3, -0.25) is 10.2 Å². The topological polar surface area (TPSA) is 126 Å². The van der Waals surface area contributed by atoms with Gasteiger partial charge in [0.2, 0.25) is 5.88 Å². The van der Waals surface area contributed by atoms with Gasteiger partial charge in [0.1, 0.15) is 5.82 Å². The molecular weight excluding hydrogens is 454 g/mol. The minimum atomic E-state index is -1.14. The van der Waals surface area contributed by atoms with E-state index >= 15 is 0 Å². The van der Waals surface area contributed by atoms with E-state index in [4.69, 9.17) is 14.2 Å². The number of nitrogens with one attached hydrogen (secondary N) is 1. The molecule has 2 aliphatic rings. The molecule has 0 spiro atoms. The number of ether oxygens (including phenoxy) is 3. The van der Waals surface area contributed by atoms with Crippen molar-refractivity contribution in [3.8, 4) is 5.88 Å². The van der Waals surface area contributed by atoms with Gasteiger partial charge >= 0.3 is 12.0 Å². The van der Waals surface area contributed by atoms with Crippen molar-refractivity contribution in [1.82, 2.24) is 9.97 Å². The summed E-state index contributed by atoms with van der Waals surface area (Å²) in [5.74, 6) is -0.651. The number of hydrogen-bond acceptors (Lipinski definition) is 8. The van der Waals surface area contributed by atoms with Crippen molar-refractivity contribution in [2.75, 3.05) is 48.5 Å². The van der Waals surface area contributed by atoms with E-state index in [1.54, 1.807) is 36.3 Å². The minimum Gasteiger partial charge on any atom is -0.478 e. The van der Waals surface area contributed by atoms with E-state index in [2.05, 4.69) is 20.2 Å². The Labute approximate surface area is 204 Å². The number of carbonyl (C=O) groups is 2. The molecule has 0 unspecified atom stereocenters. The Balaban J connectivity index is 1.36. The average Bonchev–Trinajstić information content (AvgIpc) is 3.25. The Kier molecular flexibility index (Phi) is 7.37. The number of hydrogen-bond donors (Lipinski definition) is 2. The number of nitrogens with zero attached hydrogens (tertiary/aromatic N) is 4. The molecule has 2 amide bonds. The van der Waals surface area contributed by atoms with Crippen molar-refractivity contribution in [1.29, 1.82) is 0 Å². The first-order valence-corrected chi connectivity index (χ1v) is 11.7.